The van der Waals surface area contributed by atoms with E-state index in [0.717, 1.165) is 39.4 Å². The SMILES string of the molecule is CCc1noc(-c2ccc3[nH]c4cnc(-c5nc(CC)no5)c(C)c4c3c2)n1. The zero-order chi connectivity index (χ0) is 19.3. The number of benzene rings is 1. The van der Waals surface area contributed by atoms with Gasteiger partial charge in [-0.25, -0.2) is 4.98 Å². The van der Waals surface area contributed by atoms with Gasteiger partial charge in [0.25, 0.3) is 11.8 Å². The predicted molar refractivity (Wildman–Crippen MR) is 104 cm³/mol. The van der Waals surface area contributed by atoms with Crippen LogP contribution in [0.5, 0.6) is 0 Å². The summed E-state index contributed by atoms with van der Waals surface area (Å²) in [6, 6.07) is 6.05. The number of hydrogen-bond acceptors (Lipinski definition) is 7. The van der Waals surface area contributed by atoms with Gasteiger partial charge in [0.1, 0.15) is 5.69 Å². The van der Waals surface area contributed by atoms with Gasteiger partial charge in [0.15, 0.2) is 11.6 Å². The van der Waals surface area contributed by atoms with Gasteiger partial charge in [-0.05, 0) is 30.7 Å². The van der Waals surface area contributed by atoms with Gasteiger partial charge >= 0.3 is 0 Å². The average molecular weight is 374 g/mol. The van der Waals surface area contributed by atoms with Crippen LogP contribution in [0, 0.1) is 6.92 Å². The van der Waals surface area contributed by atoms with Crippen LogP contribution in [-0.2, 0) is 12.8 Å². The first-order valence-electron chi connectivity index (χ1n) is 9.24. The highest BCUT2D eigenvalue weighted by Gasteiger charge is 2.18. The van der Waals surface area contributed by atoms with Gasteiger partial charge < -0.3 is 14.0 Å². The fraction of sp³-hybridized carbons (Fsp3) is 0.250. The summed E-state index contributed by atoms with van der Waals surface area (Å²) in [6.07, 6.45) is 3.25. The topological polar surface area (TPSA) is 107 Å². The van der Waals surface area contributed by atoms with Gasteiger partial charge in [0, 0.05) is 34.7 Å². The van der Waals surface area contributed by atoms with E-state index in [9.17, 15) is 0 Å². The van der Waals surface area contributed by atoms with E-state index in [1.165, 1.54) is 0 Å². The van der Waals surface area contributed by atoms with Crippen molar-refractivity contribution >= 4 is 21.8 Å². The number of aromatic amines is 1. The number of nitrogens with zero attached hydrogens (tertiary/aromatic N) is 5. The van der Waals surface area contributed by atoms with Gasteiger partial charge in [-0.1, -0.05) is 24.2 Å². The molecule has 0 saturated carbocycles. The highest BCUT2D eigenvalue weighted by atomic mass is 16.5. The second kappa shape index (κ2) is 6.26. The monoisotopic (exact) mass is 374 g/mol. The molecule has 1 N–H and O–H groups in total. The standard InChI is InChI=1S/C20H18N6O2/c1-4-15-23-19(27-25-15)11-6-7-13-12(8-11)17-10(3)18(21-9-14(17)22-13)20-24-16(5-2)26-28-20/h6-9,22H,4-5H2,1-3H3. The van der Waals surface area contributed by atoms with E-state index in [-0.39, 0.29) is 0 Å². The van der Waals surface area contributed by atoms with Gasteiger partial charge in [0.2, 0.25) is 0 Å². The Kier molecular flexibility index (Phi) is 3.71. The summed E-state index contributed by atoms with van der Waals surface area (Å²) in [7, 11) is 0. The molecule has 0 saturated heterocycles. The Hall–Kier alpha value is -3.55. The molecule has 0 amide bonds. The average Bonchev–Trinajstić information content (AvgIpc) is 3.45. The van der Waals surface area contributed by atoms with Gasteiger partial charge in [-0.3, -0.25) is 0 Å². The molecule has 0 aliphatic heterocycles. The molecule has 4 aromatic heterocycles. The van der Waals surface area contributed by atoms with Crippen molar-refractivity contribution in [3.63, 3.8) is 0 Å². The quantitative estimate of drug-likeness (QED) is 0.501. The lowest BCUT2D eigenvalue weighted by Crippen LogP contribution is -1.90. The first-order valence-corrected chi connectivity index (χ1v) is 9.24. The third-order valence-corrected chi connectivity index (χ3v) is 4.90. The summed E-state index contributed by atoms with van der Waals surface area (Å²) in [6.45, 7) is 6.00. The lowest BCUT2D eigenvalue weighted by molar-refractivity contribution is 0.422. The van der Waals surface area contributed by atoms with Crippen LogP contribution < -0.4 is 0 Å². The van der Waals surface area contributed by atoms with E-state index in [0.29, 0.717) is 35.5 Å². The lowest BCUT2D eigenvalue weighted by atomic mass is 10.0. The maximum absolute atomic E-state index is 5.40. The third-order valence-electron chi connectivity index (χ3n) is 4.90. The summed E-state index contributed by atoms with van der Waals surface area (Å²) < 4.78 is 10.8. The molecule has 0 aliphatic rings. The Morgan fingerprint density at radius 3 is 2.36 bits per heavy atom. The predicted octanol–water partition coefficient (Wildman–Crippen LogP) is 4.25. The maximum Gasteiger partial charge on any atom is 0.276 e. The molecule has 28 heavy (non-hydrogen) atoms. The summed E-state index contributed by atoms with van der Waals surface area (Å²) in [4.78, 5) is 16.8. The van der Waals surface area contributed by atoms with Crippen molar-refractivity contribution in [2.24, 2.45) is 0 Å². The summed E-state index contributed by atoms with van der Waals surface area (Å²) in [5, 5.41) is 10.1. The van der Waals surface area contributed by atoms with Crippen molar-refractivity contribution in [1.29, 1.82) is 0 Å². The molecule has 0 fully saturated rings. The molecule has 4 heterocycles. The zero-order valence-electron chi connectivity index (χ0n) is 15.8. The molecule has 5 rings (SSSR count). The minimum Gasteiger partial charge on any atom is -0.353 e. The molecule has 0 unspecified atom stereocenters. The Bertz CT molecular complexity index is 1310. The second-order valence-corrected chi connectivity index (χ2v) is 6.64. The number of fused-ring (bicyclic) bond motifs is 3. The molecule has 0 aliphatic carbocycles. The summed E-state index contributed by atoms with van der Waals surface area (Å²) >= 11 is 0. The van der Waals surface area contributed by atoms with E-state index in [4.69, 9.17) is 9.05 Å². The van der Waals surface area contributed by atoms with Crippen LogP contribution in [0.25, 0.3) is 44.8 Å². The van der Waals surface area contributed by atoms with Crippen LogP contribution in [0.4, 0.5) is 0 Å². The molecular weight excluding hydrogens is 356 g/mol. The van der Waals surface area contributed by atoms with Crippen molar-refractivity contribution in [1.82, 2.24) is 30.2 Å². The third kappa shape index (κ3) is 2.49. The van der Waals surface area contributed by atoms with Crippen LogP contribution in [0.3, 0.4) is 0 Å². The van der Waals surface area contributed by atoms with Gasteiger partial charge in [-0.2, -0.15) is 9.97 Å². The smallest absolute Gasteiger partial charge is 0.276 e. The number of aryl methyl sites for hydroxylation is 3. The Morgan fingerprint density at radius 1 is 0.929 bits per heavy atom. The van der Waals surface area contributed by atoms with Crippen LogP contribution >= 0.6 is 0 Å². The number of aromatic nitrogens is 6. The number of H-pyrrole nitrogens is 1. The largest absolute Gasteiger partial charge is 0.353 e. The normalized spacial score (nSPS) is 11.7. The summed E-state index contributed by atoms with van der Waals surface area (Å²) in [5.74, 6) is 2.32. The molecule has 0 atom stereocenters. The van der Waals surface area contributed by atoms with Crippen molar-refractivity contribution in [3.05, 3.63) is 41.6 Å². The molecule has 5 aromatic rings. The highest BCUT2D eigenvalue weighted by molar-refractivity contribution is 6.10. The van der Waals surface area contributed by atoms with Crippen molar-refractivity contribution in [2.75, 3.05) is 0 Å². The summed E-state index contributed by atoms with van der Waals surface area (Å²) in [5.41, 5.74) is 4.51. The van der Waals surface area contributed by atoms with E-state index in [2.05, 4.69) is 36.3 Å². The molecule has 0 bridgehead atoms. The fourth-order valence-electron chi connectivity index (χ4n) is 3.42. The minimum absolute atomic E-state index is 0.436. The second-order valence-electron chi connectivity index (χ2n) is 6.64. The molecule has 8 heteroatoms. The number of pyridine rings is 1. The highest BCUT2D eigenvalue weighted by Crippen LogP contribution is 2.34. The molecule has 0 spiro atoms. The minimum atomic E-state index is 0.436. The Labute approximate surface area is 160 Å². The first-order chi connectivity index (χ1) is 13.7. The van der Waals surface area contributed by atoms with E-state index in [1.54, 1.807) is 6.20 Å². The van der Waals surface area contributed by atoms with E-state index < -0.39 is 0 Å². The fourth-order valence-corrected chi connectivity index (χ4v) is 3.42. The van der Waals surface area contributed by atoms with Gasteiger partial charge in [-0.15, -0.1) is 0 Å². The molecule has 1 aromatic carbocycles. The Morgan fingerprint density at radius 2 is 1.64 bits per heavy atom. The van der Waals surface area contributed by atoms with Crippen LogP contribution in [-0.4, -0.2) is 30.2 Å². The van der Waals surface area contributed by atoms with Crippen LogP contribution in [0.15, 0.2) is 33.4 Å². The molecule has 140 valence electrons. The molecule has 8 nitrogen and oxygen atoms in total. The number of nitrogens with one attached hydrogen (secondary N) is 1. The van der Waals surface area contributed by atoms with Crippen molar-refractivity contribution in [2.45, 2.75) is 33.6 Å². The van der Waals surface area contributed by atoms with E-state index in [1.807, 2.05) is 32.9 Å². The molecule has 0 radical (unpaired) electrons. The van der Waals surface area contributed by atoms with Crippen LogP contribution in [0.1, 0.15) is 31.1 Å². The number of rotatable bonds is 4. The Balaban J connectivity index is 1.71. The van der Waals surface area contributed by atoms with Crippen molar-refractivity contribution < 1.29 is 9.05 Å². The lowest BCUT2D eigenvalue weighted by Gasteiger charge is -2.02. The van der Waals surface area contributed by atoms with Gasteiger partial charge in [0.05, 0.1) is 11.7 Å². The first kappa shape index (κ1) is 16.6. The zero-order valence-corrected chi connectivity index (χ0v) is 15.8. The van der Waals surface area contributed by atoms with Crippen molar-refractivity contribution in [3.8, 4) is 23.0 Å². The van der Waals surface area contributed by atoms with E-state index >= 15 is 0 Å². The molecular formula is C20H18N6O2. The van der Waals surface area contributed by atoms with Crippen LogP contribution in [0.2, 0.25) is 0 Å². The number of hydrogen-bond donors (Lipinski definition) is 1. The maximum atomic E-state index is 5.40.